The van der Waals surface area contributed by atoms with E-state index in [-0.39, 0.29) is 23.4 Å². The molecule has 2 heterocycles. The monoisotopic (exact) mass is 368 g/mol. The van der Waals surface area contributed by atoms with Gasteiger partial charge in [0.15, 0.2) is 0 Å². The molecule has 144 valence electrons. The highest BCUT2D eigenvalue weighted by Crippen LogP contribution is 2.46. The van der Waals surface area contributed by atoms with Gasteiger partial charge in [-0.25, -0.2) is 4.98 Å². The van der Waals surface area contributed by atoms with Crippen LogP contribution in [0.1, 0.15) is 50.4 Å². The molecule has 0 spiro atoms. The van der Waals surface area contributed by atoms with Crippen molar-refractivity contribution in [2.75, 3.05) is 25.5 Å². The fourth-order valence-electron chi connectivity index (χ4n) is 3.45. The molecule has 1 aliphatic carbocycles. The summed E-state index contributed by atoms with van der Waals surface area (Å²) in [7, 11) is 1.80. The van der Waals surface area contributed by atoms with Crippen LogP contribution in [0.15, 0.2) is 18.3 Å². The molecule has 1 saturated carbocycles. The lowest BCUT2D eigenvalue weighted by atomic mass is 10.1. The molecule has 2 fully saturated rings. The van der Waals surface area contributed by atoms with Crippen LogP contribution in [0, 0.1) is 17.8 Å². The Bertz CT molecular complexity index is 769. The number of rotatable bonds is 4. The molecular weight excluding hydrogens is 340 g/mol. The van der Waals surface area contributed by atoms with E-state index in [9.17, 15) is 9.59 Å². The summed E-state index contributed by atoms with van der Waals surface area (Å²) >= 11 is 0. The third-order valence-electron chi connectivity index (χ3n) is 5.27. The van der Waals surface area contributed by atoms with E-state index in [0.29, 0.717) is 18.7 Å². The van der Waals surface area contributed by atoms with Crippen LogP contribution in [0.4, 0.5) is 5.82 Å². The number of terminal acetylenes is 1. The first kappa shape index (κ1) is 19.2. The molecule has 1 aromatic heterocycles. The van der Waals surface area contributed by atoms with Gasteiger partial charge in [0.25, 0.3) is 5.91 Å². The predicted molar refractivity (Wildman–Crippen MR) is 105 cm³/mol. The van der Waals surface area contributed by atoms with Crippen molar-refractivity contribution < 1.29 is 9.59 Å². The third kappa shape index (κ3) is 4.08. The minimum atomic E-state index is -0.591. The normalized spacial score (nSPS) is 20.7. The molecule has 0 aromatic carbocycles. The van der Waals surface area contributed by atoms with Crippen LogP contribution in [-0.4, -0.2) is 58.3 Å². The first-order valence-electron chi connectivity index (χ1n) is 9.44. The molecule has 0 unspecified atom stereocenters. The number of nitrogens with one attached hydrogen (secondary N) is 1. The van der Waals surface area contributed by atoms with E-state index in [1.807, 2.05) is 6.07 Å². The first-order valence-corrected chi connectivity index (χ1v) is 9.44. The Morgan fingerprint density at radius 2 is 2.07 bits per heavy atom. The van der Waals surface area contributed by atoms with Crippen LogP contribution in [0.5, 0.6) is 0 Å². The van der Waals surface area contributed by atoms with Gasteiger partial charge in [-0.15, -0.1) is 6.42 Å². The lowest BCUT2D eigenvalue weighted by molar-refractivity contribution is -0.135. The number of amides is 2. The van der Waals surface area contributed by atoms with Gasteiger partial charge >= 0.3 is 0 Å². The van der Waals surface area contributed by atoms with Crippen LogP contribution in [0.3, 0.4) is 0 Å². The maximum absolute atomic E-state index is 12.8. The van der Waals surface area contributed by atoms with E-state index < -0.39 is 5.41 Å². The van der Waals surface area contributed by atoms with Gasteiger partial charge in [-0.05, 0) is 52.2 Å². The van der Waals surface area contributed by atoms with Gasteiger partial charge in [0.2, 0.25) is 5.91 Å². The summed E-state index contributed by atoms with van der Waals surface area (Å²) in [4.78, 5) is 33.3. The average Bonchev–Trinajstić information content (AvgIpc) is 3.27. The van der Waals surface area contributed by atoms with Crippen molar-refractivity contribution in [2.45, 2.75) is 51.6 Å². The maximum Gasteiger partial charge on any atom is 0.255 e. The first-order chi connectivity index (χ1) is 12.6. The molecule has 1 atom stereocenters. The number of likely N-dealkylation sites (tertiary alicyclic amines) is 1. The minimum absolute atomic E-state index is 0.0158. The highest BCUT2D eigenvalue weighted by molar-refractivity contribution is 5.94. The summed E-state index contributed by atoms with van der Waals surface area (Å²) in [6.07, 6.45) is 9.44. The highest BCUT2D eigenvalue weighted by Gasteiger charge is 2.51. The second-order valence-corrected chi connectivity index (χ2v) is 8.64. The van der Waals surface area contributed by atoms with E-state index in [1.165, 1.54) is 0 Å². The lowest BCUT2D eigenvalue weighted by Gasteiger charge is -2.27. The van der Waals surface area contributed by atoms with Crippen molar-refractivity contribution in [1.82, 2.24) is 14.8 Å². The van der Waals surface area contributed by atoms with Crippen molar-refractivity contribution in [1.29, 1.82) is 0 Å². The van der Waals surface area contributed by atoms with Crippen LogP contribution in [-0.2, 0) is 4.79 Å². The molecule has 1 aromatic rings. The predicted octanol–water partition coefficient (Wildman–Crippen LogP) is 2.38. The minimum Gasteiger partial charge on any atom is -0.365 e. The summed E-state index contributed by atoms with van der Waals surface area (Å²) in [6, 6.07) is 3.64. The van der Waals surface area contributed by atoms with Crippen LogP contribution < -0.4 is 5.32 Å². The van der Waals surface area contributed by atoms with Gasteiger partial charge in [0.05, 0.1) is 11.6 Å². The molecule has 6 nitrogen and oxygen atoms in total. The summed E-state index contributed by atoms with van der Waals surface area (Å²) in [5.74, 6) is 3.36. The van der Waals surface area contributed by atoms with Gasteiger partial charge in [0, 0.05) is 31.9 Å². The SMILES string of the molecule is C#CC1(C(=O)N(C)[C@H]2CCN(C(=O)c3ccc(NC(C)(C)C)nc3)C2)CC1. The van der Waals surface area contributed by atoms with Crippen LogP contribution in [0.25, 0.3) is 0 Å². The summed E-state index contributed by atoms with van der Waals surface area (Å²) < 4.78 is 0. The second kappa shape index (κ2) is 6.88. The number of aromatic nitrogens is 1. The molecule has 1 saturated heterocycles. The molecule has 1 aliphatic heterocycles. The summed E-state index contributed by atoms with van der Waals surface area (Å²) in [5, 5.41) is 3.28. The Hall–Kier alpha value is -2.55. The lowest BCUT2D eigenvalue weighted by Crippen LogP contribution is -2.43. The van der Waals surface area contributed by atoms with Gasteiger partial charge in [0.1, 0.15) is 11.2 Å². The summed E-state index contributed by atoms with van der Waals surface area (Å²) in [5.41, 5.74) is -0.118. The largest absolute Gasteiger partial charge is 0.365 e. The van der Waals surface area contributed by atoms with Crippen molar-refractivity contribution in [3.63, 3.8) is 0 Å². The number of nitrogens with zero attached hydrogens (tertiary/aromatic N) is 3. The molecule has 3 rings (SSSR count). The Balaban J connectivity index is 1.61. The van der Waals surface area contributed by atoms with E-state index >= 15 is 0 Å². The second-order valence-electron chi connectivity index (χ2n) is 8.64. The number of hydrogen-bond donors (Lipinski definition) is 1. The summed E-state index contributed by atoms with van der Waals surface area (Å²) in [6.45, 7) is 7.33. The quantitative estimate of drug-likeness (QED) is 0.829. The Labute approximate surface area is 161 Å². The Morgan fingerprint density at radius 3 is 2.59 bits per heavy atom. The van der Waals surface area contributed by atoms with Crippen molar-refractivity contribution in [3.05, 3.63) is 23.9 Å². The Morgan fingerprint density at radius 1 is 1.37 bits per heavy atom. The van der Waals surface area contributed by atoms with E-state index in [0.717, 1.165) is 25.1 Å². The smallest absolute Gasteiger partial charge is 0.255 e. The average molecular weight is 368 g/mol. The number of hydrogen-bond acceptors (Lipinski definition) is 4. The molecule has 1 N–H and O–H groups in total. The number of carbonyl (C=O) groups excluding carboxylic acids is 2. The highest BCUT2D eigenvalue weighted by atomic mass is 16.2. The van der Waals surface area contributed by atoms with E-state index in [1.54, 1.807) is 29.1 Å². The van der Waals surface area contributed by atoms with Gasteiger partial charge in [-0.1, -0.05) is 5.92 Å². The topological polar surface area (TPSA) is 65.5 Å². The van der Waals surface area contributed by atoms with Gasteiger partial charge in [-0.2, -0.15) is 0 Å². The maximum atomic E-state index is 12.8. The zero-order chi connectivity index (χ0) is 19.8. The van der Waals surface area contributed by atoms with Gasteiger partial charge < -0.3 is 15.1 Å². The third-order valence-corrected chi connectivity index (χ3v) is 5.27. The standard InChI is InChI=1S/C21H28N4O2/c1-6-21(10-11-21)19(27)24(5)16-9-12-25(14-16)18(26)15-7-8-17(22-13-15)23-20(2,3)4/h1,7-8,13,16H,9-12,14H2,2-5H3,(H,22,23)/t16-/m0/s1. The fourth-order valence-corrected chi connectivity index (χ4v) is 3.45. The molecule has 0 radical (unpaired) electrons. The molecule has 2 amide bonds. The Kier molecular flexibility index (Phi) is 4.90. The zero-order valence-corrected chi connectivity index (χ0v) is 16.6. The molecule has 0 bridgehead atoms. The van der Waals surface area contributed by atoms with Crippen molar-refractivity contribution in [3.8, 4) is 12.3 Å². The number of anilines is 1. The fraction of sp³-hybridized carbons (Fsp3) is 0.571. The zero-order valence-electron chi connectivity index (χ0n) is 16.6. The van der Waals surface area contributed by atoms with Crippen LogP contribution >= 0.6 is 0 Å². The van der Waals surface area contributed by atoms with Crippen LogP contribution in [0.2, 0.25) is 0 Å². The number of carbonyl (C=O) groups is 2. The molecule has 6 heteroatoms. The van der Waals surface area contributed by atoms with Gasteiger partial charge in [-0.3, -0.25) is 9.59 Å². The van der Waals surface area contributed by atoms with E-state index in [4.69, 9.17) is 6.42 Å². The van der Waals surface area contributed by atoms with Crippen molar-refractivity contribution in [2.24, 2.45) is 5.41 Å². The molecular formula is C21H28N4O2. The number of pyridine rings is 1. The van der Waals surface area contributed by atoms with Crippen molar-refractivity contribution >= 4 is 17.6 Å². The van der Waals surface area contributed by atoms with E-state index in [2.05, 4.69) is 37.0 Å². The molecule has 27 heavy (non-hydrogen) atoms. The number of likely N-dealkylation sites (N-methyl/N-ethyl adjacent to an activating group) is 1. The molecule has 2 aliphatic rings.